The third kappa shape index (κ3) is 4.45. The Labute approximate surface area is 153 Å². The van der Waals surface area contributed by atoms with E-state index in [2.05, 4.69) is 10.1 Å². The number of anilines is 1. The van der Waals surface area contributed by atoms with Crippen molar-refractivity contribution in [3.8, 4) is 23.0 Å². The summed E-state index contributed by atoms with van der Waals surface area (Å²) < 4.78 is 44.4. The molecule has 0 heterocycles. The van der Waals surface area contributed by atoms with E-state index >= 15 is 0 Å². The van der Waals surface area contributed by atoms with Crippen LogP contribution in [-0.4, -0.2) is 33.8 Å². The number of carbonyl (C=O) groups excluding carboxylic acids is 1. The predicted molar refractivity (Wildman–Crippen MR) is 92.1 cm³/mol. The lowest BCUT2D eigenvalue weighted by Crippen LogP contribution is -2.13. The molecule has 0 saturated carbocycles. The molecule has 2 rings (SSSR count). The number of hydrogen-bond donors (Lipinski definition) is 1. The van der Waals surface area contributed by atoms with Gasteiger partial charge in [0, 0.05) is 17.7 Å². The highest BCUT2D eigenvalue weighted by Crippen LogP contribution is 2.36. The molecular formula is C17H16ClF2NO5. The van der Waals surface area contributed by atoms with E-state index in [0.29, 0.717) is 22.2 Å². The van der Waals surface area contributed by atoms with Crippen molar-refractivity contribution in [1.82, 2.24) is 0 Å². The highest BCUT2D eigenvalue weighted by molar-refractivity contribution is 6.32. The van der Waals surface area contributed by atoms with Crippen molar-refractivity contribution in [1.29, 1.82) is 0 Å². The van der Waals surface area contributed by atoms with Gasteiger partial charge < -0.3 is 24.3 Å². The monoisotopic (exact) mass is 387 g/mol. The van der Waals surface area contributed by atoms with Crippen molar-refractivity contribution in [3.05, 3.63) is 40.9 Å². The number of nitrogens with one attached hydrogen (secondary N) is 1. The van der Waals surface area contributed by atoms with E-state index in [1.807, 2.05) is 0 Å². The molecule has 6 nitrogen and oxygen atoms in total. The fourth-order valence-electron chi connectivity index (χ4n) is 2.15. The maximum Gasteiger partial charge on any atom is 0.387 e. The van der Waals surface area contributed by atoms with Gasteiger partial charge in [0.05, 0.1) is 32.0 Å². The van der Waals surface area contributed by atoms with Gasteiger partial charge in [0.15, 0.2) is 11.5 Å². The Morgan fingerprint density at radius 1 is 0.962 bits per heavy atom. The van der Waals surface area contributed by atoms with Gasteiger partial charge in [0.25, 0.3) is 5.91 Å². The Kier molecular flexibility index (Phi) is 6.46. The number of carbonyl (C=O) groups is 1. The normalized spacial score (nSPS) is 10.4. The van der Waals surface area contributed by atoms with Gasteiger partial charge >= 0.3 is 6.61 Å². The van der Waals surface area contributed by atoms with Crippen LogP contribution in [0.2, 0.25) is 5.02 Å². The summed E-state index contributed by atoms with van der Waals surface area (Å²) in [7, 11) is 4.14. The number of alkyl halides is 2. The highest BCUT2D eigenvalue weighted by Gasteiger charge is 2.17. The molecule has 0 saturated heterocycles. The summed E-state index contributed by atoms with van der Waals surface area (Å²) in [5.41, 5.74) is 0.491. The topological polar surface area (TPSA) is 66.0 Å². The maximum atomic E-state index is 12.5. The lowest BCUT2D eigenvalue weighted by Gasteiger charge is -2.14. The molecule has 0 aliphatic rings. The van der Waals surface area contributed by atoms with Gasteiger partial charge in [-0.15, -0.1) is 0 Å². The minimum atomic E-state index is -3.01. The second kappa shape index (κ2) is 8.57. The summed E-state index contributed by atoms with van der Waals surface area (Å²) in [5, 5.41) is 2.96. The molecule has 2 aromatic carbocycles. The molecule has 1 amide bonds. The SMILES string of the molecule is COc1cc(NC(=O)c2ccc(OC(F)F)c(OC)c2)c(OC)cc1Cl. The van der Waals surface area contributed by atoms with E-state index in [-0.39, 0.29) is 17.1 Å². The second-order valence-corrected chi connectivity index (χ2v) is 5.29. The first-order chi connectivity index (χ1) is 12.4. The van der Waals surface area contributed by atoms with Gasteiger partial charge in [0.1, 0.15) is 11.5 Å². The fourth-order valence-corrected chi connectivity index (χ4v) is 2.39. The van der Waals surface area contributed by atoms with Gasteiger partial charge in [-0.2, -0.15) is 8.78 Å². The minimum Gasteiger partial charge on any atom is -0.495 e. The Morgan fingerprint density at radius 2 is 1.62 bits per heavy atom. The summed E-state index contributed by atoms with van der Waals surface area (Å²) in [6.45, 7) is -3.01. The van der Waals surface area contributed by atoms with Crippen molar-refractivity contribution >= 4 is 23.2 Å². The first kappa shape index (κ1) is 19.6. The lowest BCUT2D eigenvalue weighted by molar-refractivity contribution is -0.0512. The van der Waals surface area contributed by atoms with Gasteiger partial charge in [-0.25, -0.2) is 0 Å². The van der Waals surface area contributed by atoms with E-state index in [9.17, 15) is 13.6 Å². The van der Waals surface area contributed by atoms with Crippen molar-refractivity contribution < 1.29 is 32.5 Å². The molecule has 0 aromatic heterocycles. The van der Waals surface area contributed by atoms with Gasteiger partial charge in [-0.1, -0.05) is 11.6 Å². The fraction of sp³-hybridized carbons (Fsp3) is 0.235. The first-order valence-corrected chi connectivity index (χ1v) is 7.63. The van der Waals surface area contributed by atoms with E-state index in [1.54, 1.807) is 0 Å². The molecule has 0 aliphatic heterocycles. The van der Waals surface area contributed by atoms with Crippen molar-refractivity contribution in [2.24, 2.45) is 0 Å². The molecule has 140 valence electrons. The zero-order valence-corrected chi connectivity index (χ0v) is 14.9. The van der Waals surface area contributed by atoms with E-state index in [1.165, 1.54) is 51.7 Å². The van der Waals surface area contributed by atoms with Gasteiger partial charge in [-0.3, -0.25) is 4.79 Å². The number of methoxy groups -OCH3 is 3. The van der Waals surface area contributed by atoms with Crippen LogP contribution in [0.4, 0.5) is 14.5 Å². The average Bonchev–Trinajstić information content (AvgIpc) is 2.62. The number of halogens is 3. The number of benzene rings is 2. The molecule has 26 heavy (non-hydrogen) atoms. The summed E-state index contributed by atoms with van der Waals surface area (Å²) in [5.74, 6) is -0.0206. The molecule has 0 spiro atoms. The van der Waals surface area contributed by atoms with Crippen LogP contribution in [0, 0.1) is 0 Å². The quantitative estimate of drug-likeness (QED) is 0.770. The number of ether oxygens (including phenoxy) is 4. The molecule has 0 aliphatic carbocycles. The minimum absolute atomic E-state index is 0.00129. The number of amides is 1. The van der Waals surface area contributed by atoms with Crippen LogP contribution in [0.25, 0.3) is 0 Å². The number of hydrogen-bond acceptors (Lipinski definition) is 5. The first-order valence-electron chi connectivity index (χ1n) is 7.25. The predicted octanol–water partition coefficient (Wildman–Crippen LogP) is 4.22. The van der Waals surface area contributed by atoms with Crippen LogP contribution in [0.3, 0.4) is 0 Å². The zero-order chi connectivity index (χ0) is 19.3. The molecular weight excluding hydrogens is 372 g/mol. The van der Waals surface area contributed by atoms with Crippen LogP contribution in [0.15, 0.2) is 30.3 Å². The largest absolute Gasteiger partial charge is 0.495 e. The molecule has 9 heteroatoms. The third-order valence-electron chi connectivity index (χ3n) is 3.36. The summed E-state index contributed by atoms with van der Waals surface area (Å²) >= 11 is 6.02. The van der Waals surface area contributed by atoms with Crippen LogP contribution in [-0.2, 0) is 0 Å². The smallest absolute Gasteiger partial charge is 0.387 e. The molecule has 0 fully saturated rings. The molecule has 0 atom stereocenters. The molecule has 0 unspecified atom stereocenters. The van der Waals surface area contributed by atoms with Crippen molar-refractivity contribution in [3.63, 3.8) is 0 Å². The van der Waals surface area contributed by atoms with Crippen molar-refractivity contribution in [2.45, 2.75) is 6.61 Å². The lowest BCUT2D eigenvalue weighted by atomic mass is 10.1. The molecule has 2 aromatic rings. The molecule has 0 radical (unpaired) electrons. The van der Waals surface area contributed by atoms with E-state index in [4.69, 9.17) is 25.8 Å². The summed E-state index contributed by atoms with van der Waals surface area (Å²) in [6.07, 6.45) is 0. The Balaban J connectivity index is 2.30. The standard InChI is InChI=1S/C17H16ClF2NO5/c1-23-13-8-11(14(24-2)7-10(13)18)21-16(22)9-4-5-12(26-17(19)20)15(6-9)25-3/h4-8,17H,1-3H3,(H,21,22). The maximum absolute atomic E-state index is 12.5. The summed E-state index contributed by atoms with van der Waals surface area (Å²) in [6, 6.07) is 6.84. The Hall–Kier alpha value is -2.74. The molecule has 0 bridgehead atoms. The van der Waals surface area contributed by atoms with Crippen LogP contribution < -0.4 is 24.3 Å². The van der Waals surface area contributed by atoms with Gasteiger partial charge in [-0.05, 0) is 18.2 Å². The van der Waals surface area contributed by atoms with Crippen molar-refractivity contribution in [2.75, 3.05) is 26.6 Å². The Morgan fingerprint density at radius 3 is 2.19 bits per heavy atom. The van der Waals surface area contributed by atoms with Crippen LogP contribution in [0.1, 0.15) is 10.4 Å². The third-order valence-corrected chi connectivity index (χ3v) is 3.66. The zero-order valence-electron chi connectivity index (χ0n) is 14.1. The number of rotatable bonds is 7. The van der Waals surface area contributed by atoms with E-state index in [0.717, 1.165) is 0 Å². The average molecular weight is 388 g/mol. The second-order valence-electron chi connectivity index (χ2n) is 4.89. The van der Waals surface area contributed by atoms with Gasteiger partial charge in [0.2, 0.25) is 0 Å². The molecule has 1 N–H and O–H groups in total. The Bertz CT molecular complexity index is 801. The highest BCUT2D eigenvalue weighted by atomic mass is 35.5. The van der Waals surface area contributed by atoms with Crippen LogP contribution >= 0.6 is 11.6 Å². The summed E-state index contributed by atoms with van der Waals surface area (Å²) in [4.78, 5) is 12.5. The van der Waals surface area contributed by atoms with Crippen LogP contribution in [0.5, 0.6) is 23.0 Å². The van der Waals surface area contributed by atoms with E-state index < -0.39 is 12.5 Å².